The first-order chi connectivity index (χ1) is 12.9. The Morgan fingerprint density at radius 3 is 2.67 bits per heavy atom. The van der Waals surface area contributed by atoms with Crippen LogP contribution >= 0.6 is 0 Å². The molecule has 0 spiro atoms. The smallest absolute Gasteiger partial charge is 0.339 e. The van der Waals surface area contributed by atoms with Gasteiger partial charge in [-0.1, -0.05) is 20.3 Å². The van der Waals surface area contributed by atoms with E-state index in [4.69, 9.17) is 9.15 Å². The number of carbonyl (C=O) groups excluding carboxylic acids is 1. The van der Waals surface area contributed by atoms with Crippen molar-refractivity contribution in [2.24, 2.45) is 0 Å². The minimum atomic E-state index is -0.371. The predicted octanol–water partition coefficient (Wildman–Crippen LogP) is 4.47. The highest BCUT2D eigenvalue weighted by atomic mass is 16.5. The molecule has 0 fully saturated rings. The van der Waals surface area contributed by atoms with Crippen LogP contribution in [0.25, 0.3) is 11.0 Å². The van der Waals surface area contributed by atoms with Crippen LogP contribution < -0.4 is 10.4 Å². The summed E-state index contributed by atoms with van der Waals surface area (Å²) in [7, 11) is 1.58. The van der Waals surface area contributed by atoms with Gasteiger partial charge >= 0.3 is 5.63 Å². The van der Waals surface area contributed by atoms with Crippen molar-refractivity contribution in [2.75, 3.05) is 13.7 Å². The van der Waals surface area contributed by atoms with Gasteiger partial charge in [0.1, 0.15) is 11.3 Å². The van der Waals surface area contributed by atoms with Gasteiger partial charge < -0.3 is 14.1 Å². The van der Waals surface area contributed by atoms with E-state index in [1.54, 1.807) is 13.2 Å². The molecule has 2 aromatic rings. The van der Waals surface area contributed by atoms with Gasteiger partial charge in [-0.05, 0) is 50.8 Å². The van der Waals surface area contributed by atoms with Crippen molar-refractivity contribution in [3.63, 3.8) is 0 Å². The third kappa shape index (κ3) is 4.90. The highest BCUT2D eigenvalue weighted by molar-refractivity contribution is 5.82. The number of methoxy groups -OCH3 is 1. The van der Waals surface area contributed by atoms with E-state index < -0.39 is 0 Å². The van der Waals surface area contributed by atoms with Crippen LogP contribution in [0.4, 0.5) is 0 Å². The molecule has 27 heavy (non-hydrogen) atoms. The second kappa shape index (κ2) is 9.58. The number of hydrogen-bond acceptors (Lipinski definition) is 4. The first-order valence-corrected chi connectivity index (χ1v) is 9.82. The molecule has 5 heteroatoms. The van der Waals surface area contributed by atoms with E-state index in [9.17, 15) is 9.59 Å². The number of amides is 1. The van der Waals surface area contributed by atoms with Gasteiger partial charge in [0.25, 0.3) is 0 Å². The summed E-state index contributed by atoms with van der Waals surface area (Å²) in [5.41, 5.74) is 1.60. The van der Waals surface area contributed by atoms with Crippen molar-refractivity contribution >= 4 is 16.9 Å². The van der Waals surface area contributed by atoms with Gasteiger partial charge in [0.05, 0.1) is 7.11 Å². The molecule has 1 aromatic carbocycles. The monoisotopic (exact) mass is 373 g/mol. The molecule has 0 saturated carbocycles. The average molecular weight is 373 g/mol. The summed E-state index contributed by atoms with van der Waals surface area (Å²) >= 11 is 0. The fraction of sp³-hybridized carbons (Fsp3) is 0.545. The van der Waals surface area contributed by atoms with Crippen LogP contribution in [0.3, 0.4) is 0 Å². The van der Waals surface area contributed by atoms with E-state index in [1.165, 1.54) is 0 Å². The van der Waals surface area contributed by atoms with Crippen molar-refractivity contribution in [3.8, 4) is 5.75 Å². The Labute approximate surface area is 161 Å². The summed E-state index contributed by atoms with van der Waals surface area (Å²) in [4.78, 5) is 27.2. The largest absolute Gasteiger partial charge is 0.497 e. The van der Waals surface area contributed by atoms with Crippen LogP contribution in [0.15, 0.2) is 27.4 Å². The summed E-state index contributed by atoms with van der Waals surface area (Å²) < 4.78 is 10.7. The fourth-order valence-corrected chi connectivity index (χ4v) is 3.31. The van der Waals surface area contributed by atoms with Crippen LogP contribution in [-0.2, 0) is 11.2 Å². The van der Waals surface area contributed by atoms with Gasteiger partial charge in [0, 0.05) is 36.0 Å². The van der Waals surface area contributed by atoms with Crippen LogP contribution in [0.5, 0.6) is 5.75 Å². The average Bonchev–Trinajstić information content (AvgIpc) is 2.67. The van der Waals surface area contributed by atoms with Crippen molar-refractivity contribution in [2.45, 2.75) is 65.8 Å². The lowest BCUT2D eigenvalue weighted by molar-refractivity contribution is -0.133. The van der Waals surface area contributed by atoms with Crippen molar-refractivity contribution < 1.29 is 13.9 Å². The zero-order valence-corrected chi connectivity index (χ0v) is 17.1. The second-order valence-electron chi connectivity index (χ2n) is 7.05. The number of unbranched alkanes of at least 4 members (excludes halogenated alkanes) is 1. The lowest BCUT2D eigenvalue weighted by Gasteiger charge is -2.28. The Balaban J connectivity index is 2.22. The number of carbonyl (C=O) groups is 1. The molecule has 0 saturated heterocycles. The molecule has 1 amide bonds. The molecule has 0 radical (unpaired) electrons. The summed E-state index contributed by atoms with van der Waals surface area (Å²) in [6.07, 6.45) is 3.69. The molecule has 0 aliphatic heterocycles. The Morgan fingerprint density at radius 1 is 1.30 bits per heavy atom. The molecule has 148 valence electrons. The molecule has 1 aromatic heterocycles. The van der Waals surface area contributed by atoms with Crippen molar-refractivity contribution in [3.05, 3.63) is 39.7 Å². The van der Waals surface area contributed by atoms with Gasteiger partial charge in [-0.25, -0.2) is 4.79 Å². The SMILES string of the molecule is CCCCN(C(=O)CCc1c(C)c2ccc(OC)cc2oc1=O)C(C)CC. The molecule has 1 unspecified atom stereocenters. The zero-order chi connectivity index (χ0) is 20.0. The third-order valence-electron chi connectivity index (χ3n) is 5.28. The van der Waals surface area contributed by atoms with Gasteiger partial charge in [-0.3, -0.25) is 4.79 Å². The molecule has 1 atom stereocenters. The quantitative estimate of drug-likeness (QED) is 0.609. The number of rotatable bonds is 9. The van der Waals surface area contributed by atoms with E-state index >= 15 is 0 Å². The van der Waals surface area contributed by atoms with Gasteiger partial charge in [0.15, 0.2) is 0 Å². The molecular weight excluding hydrogens is 342 g/mol. The summed E-state index contributed by atoms with van der Waals surface area (Å²) in [5, 5.41) is 0.877. The van der Waals surface area contributed by atoms with Gasteiger partial charge in [-0.2, -0.15) is 0 Å². The number of aryl methyl sites for hydroxylation is 1. The molecule has 2 rings (SSSR count). The maximum atomic E-state index is 12.8. The van der Waals surface area contributed by atoms with Gasteiger partial charge in [0.2, 0.25) is 5.91 Å². The predicted molar refractivity (Wildman–Crippen MR) is 108 cm³/mol. The Morgan fingerprint density at radius 2 is 2.04 bits per heavy atom. The number of benzene rings is 1. The molecule has 0 aliphatic rings. The molecular formula is C22H31NO4. The normalized spacial score (nSPS) is 12.2. The maximum absolute atomic E-state index is 12.8. The van der Waals surface area contributed by atoms with E-state index in [0.717, 1.165) is 36.8 Å². The highest BCUT2D eigenvalue weighted by Crippen LogP contribution is 2.24. The lowest BCUT2D eigenvalue weighted by atomic mass is 10.0. The van der Waals surface area contributed by atoms with E-state index in [2.05, 4.69) is 20.8 Å². The number of hydrogen-bond donors (Lipinski definition) is 0. The fourth-order valence-electron chi connectivity index (χ4n) is 3.31. The van der Waals surface area contributed by atoms with E-state index in [-0.39, 0.29) is 17.6 Å². The van der Waals surface area contributed by atoms with E-state index in [1.807, 2.05) is 24.0 Å². The van der Waals surface area contributed by atoms with Gasteiger partial charge in [-0.15, -0.1) is 0 Å². The summed E-state index contributed by atoms with van der Waals surface area (Å²) in [6, 6.07) is 5.67. The van der Waals surface area contributed by atoms with Crippen LogP contribution in [0.2, 0.25) is 0 Å². The zero-order valence-electron chi connectivity index (χ0n) is 17.1. The molecule has 5 nitrogen and oxygen atoms in total. The number of nitrogens with zero attached hydrogens (tertiary/aromatic N) is 1. The highest BCUT2D eigenvalue weighted by Gasteiger charge is 2.20. The van der Waals surface area contributed by atoms with E-state index in [0.29, 0.717) is 29.7 Å². The molecule has 1 heterocycles. The van der Waals surface area contributed by atoms with Crippen molar-refractivity contribution in [1.82, 2.24) is 4.90 Å². The molecule has 0 aliphatic carbocycles. The lowest BCUT2D eigenvalue weighted by Crippen LogP contribution is -2.39. The van der Waals surface area contributed by atoms with Crippen molar-refractivity contribution in [1.29, 1.82) is 0 Å². The standard InChI is InChI=1S/C22H31NO4/c1-6-8-13-23(15(3)7-2)21(24)12-11-19-16(4)18-10-9-17(26-5)14-20(18)27-22(19)25/h9-10,14-15H,6-8,11-13H2,1-5H3. The van der Waals surface area contributed by atoms with Crippen LogP contribution in [-0.4, -0.2) is 30.5 Å². The minimum Gasteiger partial charge on any atom is -0.497 e. The number of fused-ring (bicyclic) bond motifs is 1. The maximum Gasteiger partial charge on any atom is 0.339 e. The Hall–Kier alpha value is -2.30. The summed E-state index contributed by atoms with van der Waals surface area (Å²) in [6.45, 7) is 8.98. The first kappa shape index (κ1) is 21.0. The molecule has 0 bridgehead atoms. The third-order valence-corrected chi connectivity index (χ3v) is 5.28. The topological polar surface area (TPSA) is 59.8 Å². The summed E-state index contributed by atoms with van der Waals surface area (Å²) in [5.74, 6) is 0.750. The number of ether oxygens (including phenoxy) is 1. The Bertz CT molecular complexity index is 840. The second-order valence-corrected chi connectivity index (χ2v) is 7.05. The first-order valence-electron chi connectivity index (χ1n) is 9.82. The minimum absolute atomic E-state index is 0.103. The Kier molecular flexibility index (Phi) is 7.45. The van der Waals surface area contributed by atoms with Crippen LogP contribution in [0, 0.1) is 6.92 Å². The van der Waals surface area contributed by atoms with Crippen LogP contribution in [0.1, 0.15) is 57.6 Å². The molecule has 0 N–H and O–H groups in total.